The summed E-state index contributed by atoms with van der Waals surface area (Å²) < 4.78 is 9.15. The van der Waals surface area contributed by atoms with E-state index in [1.54, 1.807) is 6.92 Å². The summed E-state index contributed by atoms with van der Waals surface area (Å²) in [6.07, 6.45) is 1.82. The van der Waals surface area contributed by atoms with Crippen molar-refractivity contribution in [1.82, 2.24) is 0 Å². The summed E-state index contributed by atoms with van der Waals surface area (Å²) in [5.41, 5.74) is 0. The minimum absolute atomic E-state index is 0.117. The van der Waals surface area contributed by atoms with Crippen molar-refractivity contribution in [2.75, 3.05) is 13.7 Å². The summed E-state index contributed by atoms with van der Waals surface area (Å²) in [7, 11) is 1.24. The fourth-order valence-electron chi connectivity index (χ4n) is 0.813. The molecule has 4 nitrogen and oxygen atoms in total. The van der Waals surface area contributed by atoms with Crippen LogP contribution in [-0.2, 0) is 19.1 Å². The van der Waals surface area contributed by atoms with Gasteiger partial charge in [0.15, 0.2) is 5.92 Å². The van der Waals surface area contributed by atoms with E-state index in [4.69, 9.17) is 4.74 Å². The SMILES string of the molecule is C=CCOC(=O)C(CC)C(=O)OC. The van der Waals surface area contributed by atoms with E-state index in [0.29, 0.717) is 6.42 Å². The largest absolute Gasteiger partial charge is 0.468 e. The molecule has 0 aromatic heterocycles. The third-order valence-electron chi connectivity index (χ3n) is 1.52. The average molecular weight is 186 g/mol. The third kappa shape index (κ3) is 3.73. The molecule has 13 heavy (non-hydrogen) atoms. The number of esters is 2. The zero-order valence-electron chi connectivity index (χ0n) is 7.91. The van der Waals surface area contributed by atoms with Crippen molar-refractivity contribution in [1.29, 1.82) is 0 Å². The highest BCUT2D eigenvalue weighted by atomic mass is 16.5. The van der Waals surface area contributed by atoms with Crippen molar-refractivity contribution in [2.45, 2.75) is 13.3 Å². The van der Waals surface area contributed by atoms with E-state index in [-0.39, 0.29) is 6.61 Å². The van der Waals surface area contributed by atoms with Gasteiger partial charge in [-0.1, -0.05) is 19.6 Å². The van der Waals surface area contributed by atoms with Crippen LogP contribution in [0.5, 0.6) is 0 Å². The minimum atomic E-state index is -0.815. The lowest BCUT2D eigenvalue weighted by molar-refractivity contribution is -0.159. The van der Waals surface area contributed by atoms with Crippen LogP contribution in [0.4, 0.5) is 0 Å². The molecule has 0 bridgehead atoms. The highest BCUT2D eigenvalue weighted by molar-refractivity contribution is 5.94. The van der Waals surface area contributed by atoms with Crippen LogP contribution in [0, 0.1) is 5.92 Å². The van der Waals surface area contributed by atoms with Gasteiger partial charge in [0.25, 0.3) is 0 Å². The van der Waals surface area contributed by atoms with Gasteiger partial charge >= 0.3 is 11.9 Å². The van der Waals surface area contributed by atoms with Gasteiger partial charge in [-0.05, 0) is 6.42 Å². The predicted octanol–water partition coefficient (Wildman–Crippen LogP) is 0.915. The molecular formula is C9H14O4. The van der Waals surface area contributed by atoms with Crippen LogP contribution < -0.4 is 0 Å². The number of methoxy groups -OCH3 is 1. The highest BCUT2D eigenvalue weighted by Gasteiger charge is 2.26. The molecule has 0 amide bonds. The molecule has 0 heterocycles. The first-order chi connectivity index (χ1) is 6.17. The van der Waals surface area contributed by atoms with Crippen LogP contribution in [0.3, 0.4) is 0 Å². The van der Waals surface area contributed by atoms with Gasteiger partial charge in [-0.3, -0.25) is 9.59 Å². The quantitative estimate of drug-likeness (QED) is 0.364. The first-order valence-corrected chi connectivity index (χ1v) is 4.02. The molecule has 0 aromatic carbocycles. The Kier molecular flexibility index (Phi) is 5.59. The Labute approximate surface area is 77.5 Å². The molecule has 0 rings (SSSR count). The minimum Gasteiger partial charge on any atom is -0.468 e. The van der Waals surface area contributed by atoms with Crippen LogP contribution in [-0.4, -0.2) is 25.7 Å². The van der Waals surface area contributed by atoms with Gasteiger partial charge in [0.1, 0.15) is 6.61 Å². The molecule has 0 aliphatic carbocycles. The second-order valence-electron chi connectivity index (χ2n) is 2.40. The number of ether oxygens (including phenoxy) is 2. The molecule has 0 N–H and O–H groups in total. The number of hydrogen-bond acceptors (Lipinski definition) is 4. The number of rotatable bonds is 5. The molecule has 0 aromatic rings. The summed E-state index contributed by atoms with van der Waals surface area (Å²) >= 11 is 0. The summed E-state index contributed by atoms with van der Waals surface area (Å²) in [6.45, 7) is 5.23. The first-order valence-electron chi connectivity index (χ1n) is 4.02. The second kappa shape index (κ2) is 6.22. The molecule has 0 saturated carbocycles. The Bertz CT molecular complexity index is 198. The van der Waals surface area contributed by atoms with Crippen LogP contribution >= 0.6 is 0 Å². The summed E-state index contributed by atoms with van der Waals surface area (Å²) in [5, 5.41) is 0. The van der Waals surface area contributed by atoms with Gasteiger partial charge in [-0.2, -0.15) is 0 Å². The molecule has 0 fully saturated rings. The Balaban J connectivity index is 4.14. The van der Waals surface area contributed by atoms with E-state index in [2.05, 4.69) is 11.3 Å². The van der Waals surface area contributed by atoms with Gasteiger partial charge in [-0.15, -0.1) is 0 Å². The van der Waals surface area contributed by atoms with Crippen molar-refractivity contribution >= 4 is 11.9 Å². The van der Waals surface area contributed by atoms with E-state index < -0.39 is 17.9 Å². The molecular weight excluding hydrogens is 172 g/mol. The van der Waals surface area contributed by atoms with Gasteiger partial charge in [0.05, 0.1) is 7.11 Å². The monoisotopic (exact) mass is 186 g/mol. The lowest BCUT2D eigenvalue weighted by Crippen LogP contribution is -2.26. The van der Waals surface area contributed by atoms with Crippen molar-refractivity contribution in [3.63, 3.8) is 0 Å². The smallest absolute Gasteiger partial charge is 0.320 e. The van der Waals surface area contributed by atoms with E-state index in [1.165, 1.54) is 13.2 Å². The molecule has 0 aliphatic heterocycles. The predicted molar refractivity (Wildman–Crippen MR) is 47.0 cm³/mol. The molecule has 4 heteroatoms. The summed E-state index contributed by atoms with van der Waals surface area (Å²) in [6, 6.07) is 0. The zero-order chi connectivity index (χ0) is 10.3. The van der Waals surface area contributed by atoms with Crippen LogP contribution in [0.15, 0.2) is 12.7 Å². The maximum Gasteiger partial charge on any atom is 0.320 e. The molecule has 0 saturated heterocycles. The van der Waals surface area contributed by atoms with Crippen molar-refractivity contribution in [3.8, 4) is 0 Å². The fraction of sp³-hybridized carbons (Fsp3) is 0.556. The van der Waals surface area contributed by atoms with Crippen LogP contribution in [0.2, 0.25) is 0 Å². The first kappa shape index (κ1) is 11.7. The Morgan fingerprint density at radius 3 is 2.46 bits per heavy atom. The lowest BCUT2D eigenvalue weighted by Gasteiger charge is -2.10. The summed E-state index contributed by atoms with van der Waals surface area (Å²) in [4.78, 5) is 22.2. The van der Waals surface area contributed by atoms with E-state index in [0.717, 1.165) is 0 Å². The third-order valence-corrected chi connectivity index (χ3v) is 1.52. The Morgan fingerprint density at radius 1 is 1.46 bits per heavy atom. The van der Waals surface area contributed by atoms with Gasteiger partial charge < -0.3 is 9.47 Å². The van der Waals surface area contributed by atoms with Gasteiger partial charge in [0.2, 0.25) is 0 Å². The number of hydrogen-bond donors (Lipinski definition) is 0. The lowest BCUT2D eigenvalue weighted by atomic mass is 10.1. The second-order valence-corrected chi connectivity index (χ2v) is 2.40. The molecule has 0 aliphatic rings. The van der Waals surface area contributed by atoms with Crippen molar-refractivity contribution < 1.29 is 19.1 Å². The van der Waals surface area contributed by atoms with Crippen molar-refractivity contribution in [2.24, 2.45) is 5.92 Å². The average Bonchev–Trinajstić information content (AvgIpc) is 2.15. The maximum absolute atomic E-state index is 11.2. The number of carbonyl (C=O) groups is 2. The van der Waals surface area contributed by atoms with Gasteiger partial charge in [-0.25, -0.2) is 0 Å². The van der Waals surface area contributed by atoms with Crippen molar-refractivity contribution in [3.05, 3.63) is 12.7 Å². The molecule has 0 radical (unpaired) electrons. The highest BCUT2D eigenvalue weighted by Crippen LogP contribution is 2.07. The van der Waals surface area contributed by atoms with E-state index >= 15 is 0 Å². The molecule has 74 valence electrons. The Morgan fingerprint density at radius 2 is 2.08 bits per heavy atom. The van der Waals surface area contributed by atoms with E-state index in [9.17, 15) is 9.59 Å². The molecule has 0 spiro atoms. The van der Waals surface area contributed by atoms with Crippen LogP contribution in [0.1, 0.15) is 13.3 Å². The maximum atomic E-state index is 11.2. The molecule has 1 atom stereocenters. The van der Waals surface area contributed by atoms with Gasteiger partial charge in [0, 0.05) is 0 Å². The number of carbonyl (C=O) groups excluding carboxylic acids is 2. The fourth-order valence-corrected chi connectivity index (χ4v) is 0.813. The van der Waals surface area contributed by atoms with Crippen LogP contribution in [0.25, 0.3) is 0 Å². The topological polar surface area (TPSA) is 52.6 Å². The molecule has 1 unspecified atom stereocenters. The normalized spacial score (nSPS) is 11.5. The van der Waals surface area contributed by atoms with E-state index in [1.807, 2.05) is 0 Å². The Hall–Kier alpha value is -1.32. The summed E-state index contributed by atoms with van der Waals surface area (Å²) in [5.74, 6) is -1.93. The zero-order valence-corrected chi connectivity index (χ0v) is 7.91. The standard InChI is InChI=1S/C9H14O4/c1-4-6-13-9(11)7(5-2)8(10)12-3/h4,7H,1,5-6H2,2-3H3.